The van der Waals surface area contributed by atoms with Crippen LogP contribution in [0, 0.1) is 5.82 Å². The van der Waals surface area contributed by atoms with Crippen LogP contribution >= 0.6 is 0 Å². The van der Waals surface area contributed by atoms with Crippen LogP contribution in [0.2, 0.25) is 0 Å². The number of carbonyl (C=O) groups excluding carboxylic acids is 1. The van der Waals surface area contributed by atoms with Crippen LogP contribution in [0.4, 0.5) is 10.1 Å². The minimum absolute atomic E-state index is 0.110. The zero-order chi connectivity index (χ0) is 22.1. The number of rotatable bonds is 6. The SMILES string of the molecule is CC(C)N(C)S(=O)(=O)c1ccc(NC(=O)Cn2cnc3cc(F)ccc3c2=O)cc1. The summed E-state index contributed by atoms with van der Waals surface area (Å²) in [6, 6.07) is 9.19. The second kappa shape index (κ2) is 8.33. The van der Waals surface area contributed by atoms with Gasteiger partial charge in [-0.05, 0) is 50.2 Å². The highest BCUT2D eigenvalue weighted by molar-refractivity contribution is 7.89. The van der Waals surface area contributed by atoms with Crippen LogP contribution in [0.15, 0.2) is 58.5 Å². The van der Waals surface area contributed by atoms with Gasteiger partial charge < -0.3 is 5.32 Å². The zero-order valence-electron chi connectivity index (χ0n) is 16.7. The van der Waals surface area contributed by atoms with E-state index in [2.05, 4.69) is 10.3 Å². The van der Waals surface area contributed by atoms with Gasteiger partial charge in [-0.3, -0.25) is 14.2 Å². The van der Waals surface area contributed by atoms with Gasteiger partial charge in [0, 0.05) is 24.8 Å². The van der Waals surface area contributed by atoms with Gasteiger partial charge in [-0.25, -0.2) is 17.8 Å². The average molecular weight is 432 g/mol. The van der Waals surface area contributed by atoms with E-state index in [0.717, 1.165) is 16.7 Å². The molecule has 0 aliphatic carbocycles. The molecule has 0 aliphatic rings. The largest absolute Gasteiger partial charge is 0.325 e. The summed E-state index contributed by atoms with van der Waals surface area (Å²) in [4.78, 5) is 28.9. The first-order chi connectivity index (χ1) is 14.1. The van der Waals surface area contributed by atoms with Crippen molar-refractivity contribution in [2.75, 3.05) is 12.4 Å². The molecule has 0 saturated heterocycles. The number of halogens is 1. The fourth-order valence-electron chi connectivity index (χ4n) is 2.75. The summed E-state index contributed by atoms with van der Waals surface area (Å²) in [6.07, 6.45) is 1.18. The lowest BCUT2D eigenvalue weighted by Gasteiger charge is -2.21. The number of fused-ring (bicyclic) bond motifs is 1. The van der Waals surface area contributed by atoms with Gasteiger partial charge in [-0.2, -0.15) is 4.31 Å². The lowest BCUT2D eigenvalue weighted by atomic mass is 10.2. The summed E-state index contributed by atoms with van der Waals surface area (Å²) in [6.45, 7) is 3.24. The fraction of sp³-hybridized carbons (Fsp3) is 0.250. The molecule has 10 heteroatoms. The quantitative estimate of drug-likeness (QED) is 0.644. The molecule has 1 aromatic heterocycles. The van der Waals surface area contributed by atoms with E-state index in [1.165, 1.54) is 48.0 Å². The molecular weight excluding hydrogens is 411 g/mol. The first kappa shape index (κ1) is 21.6. The molecule has 0 spiro atoms. The van der Waals surface area contributed by atoms with Crippen LogP contribution in [-0.4, -0.2) is 41.3 Å². The van der Waals surface area contributed by atoms with Crippen LogP contribution in [-0.2, 0) is 21.4 Å². The maximum absolute atomic E-state index is 13.3. The Labute approximate surface area is 173 Å². The molecule has 1 amide bonds. The van der Waals surface area contributed by atoms with Crippen molar-refractivity contribution in [3.8, 4) is 0 Å². The number of amides is 1. The van der Waals surface area contributed by atoms with Gasteiger partial charge in [0.1, 0.15) is 12.4 Å². The number of carbonyl (C=O) groups is 1. The number of hydrogen-bond donors (Lipinski definition) is 1. The van der Waals surface area contributed by atoms with E-state index < -0.39 is 27.3 Å². The molecule has 0 radical (unpaired) electrons. The van der Waals surface area contributed by atoms with Crippen molar-refractivity contribution in [2.24, 2.45) is 0 Å². The molecule has 0 bridgehead atoms. The molecule has 3 aromatic rings. The number of anilines is 1. The van der Waals surface area contributed by atoms with Crippen LogP contribution in [0.5, 0.6) is 0 Å². The molecule has 8 nitrogen and oxygen atoms in total. The molecule has 3 rings (SSSR count). The van der Waals surface area contributed by atoms with Crippen molar-refractivity contribution < 1.29 is 17.6 Å². The minimum atomic E-state index is -3.62. The van der Waals surface area contributed by atoms with Crippen molar-refractivity contribution in [1.29, 1.82) is 0 Å². The van der Waals surface area contributed by atoms with Crippen LogP contribution in [0.1, 0.15) is 13.8 Å². The third-order valence-electron chi connectivity index (χ3n) is 4.64. The summed E-state index contributed by atoms with van der Waals surface area (Å²) in [5, 5.41) is 2.81. The highest BCUT2D eigenvalue weighted by Gasteiger charge is 2.22. The molecule has 0 saturated carbocycles. The standard InChI is InChI=1S/C20H21FN4O4S/c1-13(2)24(3)30(28,29)16-7-5-15(6-8-16)23-19(26)11-25-12-22-18-10-14(21)4-9-17(18)20(25)27/h4-10,12-13H,11H2,1-3H3,(H,23,26). The molecule has 0 fully saturated rings. The number of aromatic nitrogens is 2. The summed E-state index contributed by atoms with van der Waals surface area (Å²) in [5.41, 5.74) is 0.128. The molecule has 1 N–H and O–H groups in total. The van der Waals surface area contributed by atoms with E-state index in [1.54, 1.807) is 13.8 Å². The number of benzene rings is 2. The fourth-order valence-corrected chi connectivity index (χ4v) is 4.12. The third kappa shape index (κ3) is 4.39. The van der Waals surface area contributed by atoms with E-state index >= 15 is 0 Å². The first-order valence-electron chi connectivity index (χ1n) is 9.12. The zero-order valence-corrected chi connectivity index (χ0v) is 17.5. The number of hydrogen-bond acceptors (Lipinski definition) is 5. The van der Waals surface area contributed by atoms with Crippen LogP contribution in [0.25, 0.3) is 10.9 Å². The Bertz CT molecular complexity index is 1250. The molecule has 158 valence electrons. The Morgan fingerprint density at radius 2 is 1.87 bits per heavy atom. The van der Waals surface area contributed by atoms with Crippen LogP contribution in [0.3, 0.4) is 0 Å². The van der Waals surface area contributed by atoms with Gasteiger partial charge in [0.25, 0.3) is 5.56 Å². The molecule has 30 heavy (non-hydrogen) atoms. The number of nitrogens with one attached hydrogen (secondary N) is 1. The van der Waals surface area contributed by atoms with E-state index in [9.17, 15) is 22.4 Å². The topological polar surface area (TPSA) is 101 Å². The molecule has 2 aromatic carbocycles. The highest BCUT2D eigenvalue weighted by atomic mass is 32.2. The van der Waals surface area contributed by atoms with E-state index in [0.29, 0.717) is 5.69 Å². The van der Waals surface area contributed by atoms with Crippen molar-refractivity contribution in [3.05, 3.63) is 65.0 Å². The molecule has 0 unspecified atom stereocenters. The Kier molecular flexibility index (Phi) is 5.99. The van der Waals surface area contributed by atoms with Crippen molar-refractivity contribution in [3.63, 3.8) is 0 Å². The predicted octanol–water partition coefficient (Wildman–Crippen LogP) is 2.20. The molecular formula is C20H21FN4O4S. The number of sulfonamides is 1. The van der Waals surface area contributed by atoms with Crippen LogP contribution < -0.4 is 10.9 Å². The van der Waals surface area contributed by atoms with Crippen molar-refractivity contribution >= 4 is 32.5 Å². The third-order valence-corrected chi connectivity index (χ3v) is 6.69. The van der Waals surface area contributed by atoms with Gasteiger partial charge >= 0.3 is 0 Å². The predicted molar refractivity (Wildman–Crippen MR) is 111 cm³/mol. The summed E-state index contributed by atoms with van der Waals surface area (Å²) >= 11 is 0. The van der Waals surface area contributed by atoms with Crippen molar-refractivity contribution in [2.45, 2.75) is 31.3 Å². The van der Waals surface area contributed by atoms with Gasteiger partial charge in [0.15, 0.2) is 0 Å². The highest BCUT2D eigenvalue weighted by Crippen LogP contribution is 2.19. The minimum Gasteiger partial charge on any atom is -0.325 e. The monoisotopic (exact) mass is 432 g/mol. The number of nitrogens with zero attached hydrogens (tertiary/aromatic N) is 3. The second-order valence-electron chi connectivity index (χ2n) is 7.03. The smallest absolute Gasteiger partial charge is 0.261 e. The van der Waals surface area contributed by atoms with E-state index in [1.807, 2.05) is 0 Å². The maximum atomic E-state index is 13.3. The molecule has 0 atom stereocenters. The molecule has 1 heterocycles. The summed E-state index contributed by atoms with van der Waals surface area (Å²) in [7, 11) is -2.12. The Morgan fingerprint density at radius 3 is 2.50 bits per heavy atom. The van der Waals surface area contributed by atoms with Crippen molar-refractivity contribution in [1.82, 2.24) is 13.9 Å². The summed E-state index contributed by atoms with van der Waals surface area (Å²) < 4.78 is 40.6. The first-order valence-corrected chi connectivity index (χ1v) is 10.6. The van der Waals surface area contributed by atoms with E-state index in [4.69, 9.17) is 0 Å². The maximum Gasteiger partial charge on any atom is 0.261 e. The average Bonchev–Trinajstić information content (AvgIpc) is 2.69. The molecule has 0 aliphatic heterocycles. The Hall–Kier alpha value is -3.11. The van der Waals surface area contributed by atoms with Gasteiger partial charge in [-0.15, -0.1) is 0 Å². The van der Waals surface area contributed by atoms with E-state index in [-0.39, 0.29) is 28.4 Å². The van der Waals surface area contributed by atoms with Gasteiger partial charge in [0.05, 0.1) is 22.1 Å². The lowest BCUT2D eigenvalue weighted by Crippen LogP contribution is -2.33. The Morgan fingerprint density at radius 1 is 1.20 bits per heavy atom. The Balaban J connectivity index is 1.74. The second-order valence-corrected chi connectivity index (χ2v) is 9.02. The summed E-state index contributed by atoms with van der Waals surface area (Å²) in [5.74, 6) is -0.995. The lowest BCUT2D eigenvalue weighted by molar-refractivity contribution is -0.116. The van der Waals surface area contributed by atoms with Gasteiger partial charge in [-0.1, -0.05) is 0 Å². The van der Waals surface area contributed by atoms with Gasteiger partial charge in [0.2, 0.25) is 15.9 Å². The normalized spacial score (nSPS) is 11.9.